The van der Waals surface area contributed by atoms with Gasteiger partial charge in [-0.2, -0.15) is 0 Å². The van der Waals surface area contributed by atoms with Crippen LogP contribution >= 0.6 is 22.9 Å². The minimum absolute atomic E-state index is 0.119. The summed E-state index contributed by atoms with van der Waals surface area (Å²) in [5.74, 6) is -0.787. The van der Waals surface area contributed by atoms with Gasteiger partial charge in [0.25, 0.3) is 0 Å². The molecule has 0 spiro atoms. The number of aryl methyl sites for hydroxylation is 1. The van der Waals surface area contributed by atoms with E-state index in [1.807, 2.05) is 36.4 Å². The van der Waals surface area contributed by atoms with Crippen LogP contribution in [0.5, 0.6) is 0 Å². The summed E-state index contributed by atoms with van der Waals surface area (Å²) < 4.78 is 0.725. The highest BCUT2D eigenvalue weighted by Gasteiger charge is 2.15. The fourth-order valence-electron chi connectivity index (χ4n) is 2.35. The quantitative estimate of drug-likeness (QED) is 0.742. The number of carboxylic acids is 1. The lowest BCUT2D eigenvalue weighted by atomic mass is 10.0. The maximum absolute atomic E-state index is 10.9. The van der Waals surface area contributed by atoms with Crippen LogP contribution in [-0.4, -0.2) is 16.1 Å². The van der Waals surface area contributed by atoms with E-state index < -0.39 is 5.97 Å². The van der Waals surface area contributed by atoms with Crippen LogP contribution < -0.4 is 0 Å². The molecule has 0 atom stereocenters. The van der Waals surface area contributed by atoms with Gasteiger partial charge in [-0.15, -0.1) is 11.3 Å². The van der Waals surface area contributed by atoms with Gasteiger partial charge in [0, 0.05) is 17.3 Å². The minimum atomic E-state index is -0.787. The number of benzene rings is 1. The van der Waals surface area contributed by atoms with Crippen LogP contribution in [0.4, 0.5) is 0 Å². The van der Waals surface area contributed by atoms with Crippen molar-refractivity contribution in [3.05, 3.63) is 46.3 Å². The standard InChI is InChI=1S/C15H12ClNO2S/c16-13-7-6-12(20-13)15-10(5-8-14(18)19)9-3-1-2-4-11(9)17-15/h1-4,6-7,17H,5,8H2,(H,18,19). The topological polar surface area (TPSA) is 53.1 Å². The predicted molar refractivity (Wildman–Crippen MR) is 82.6 cm³/mol. The molecule has 2 heterocycles. The zero-order chi connectivity index (χ0) is 14.1. The van der Waals surface area contributed by atoms with Gasteiger partial charge in [0.2, 0.25) is 0 Å². The number of hydrogen-bond acceptors (Lipinski definition) is 2. The first kappa shape index (κ1) is 13.2. The van der Waals surface area contributed by atoms with Gasteiger partial charge in [-0.3, -0.25) is 4.79 Å². The molecule has 0 amide bonds. The molecule has 1 aromatic carbocycles. The summed E-state index contributed by atoms with van der Waals surface area (Å²) in [6.45, 7) is 0. The number of nitrogens with one attached hydrogen (secondary N) is 1. The number of fused-ring (bicyclic) bond motifs is 1. The minimum Gasteiger partial charge on any atom is -0.481 e. The summed E-state index contributed by atoms with van der Waals surface area (Å²) >= 11 is 7.49. The van der Waals surface area contributed by atoms with E-state index in [1.54, 1.807) is 0 Å². The van der Waals surface area contributed by atoms with E-state index in [0.29, 0.717) is 6.42 Å². The summed E-state index contributed by atoms with van der Waals surface area (Å²) in [4.78, 5) is 15.3. The second-order valence-corrected chi connectivity index (χ2v) is 6.24. The summed E-state index contributed by atoms with van der Waals surface area (Å²) in [6.07, 6.45) is 0.623. The van der Waals surface area contributed by atoms with Crippen LogP contribution in [0, 0.1) is 0 Å². The molecule has 0 saturated carbocycles. The fraction of sp³-hybridized carbons (Fsp3) is 0.133. The molecule has 20 heavy (non-hydrogen) atoms. The maximum atomic E-state index is 10.9. The SMILES string of the molecule is O=C(O)CCc1c(-c2ccc(Cl)s2)[nH]c2ccccc12. The molecule has 3 nitrogen and oxygen atoms in total. The maximum Gasteiger partial charge on any atom is 0.303 e. The Kier molecular flexibility index (Phi) is 3.51. The molecule has 3 aromatic rings. The highest BCUT2D eigenvalue weighted by Crippen LogP contribution is 2.36. The number of hydrogen-bond donors (Lipinski definition) is 2. The molecule has 0 radical (unpaired) electrons. The predicted octanol–water partition coefficient (Wildman–Crippen LogP) is 4.57. The lowest BCUT2D eigenvalue weighted by Crippen LogP contribution is -1.97. The van der Waals surface area contributed by atoms with E-state index in [0.717, 1.165) is 31.4 Å². The molecule has 2 aromatic heterocycles. The Morgan fingerprint density at radius 3 is 2.75 bits per heavy atom. The molecule has 0 aliphatic rings. The number of H-pyrrole nitrogens is 1. The number of thiophene rings is 1. The molecule has 3 rings (SSSR count). The van der Waals surface area contributed by atoms with E-state index in [-0.39, 0.29) is 6.42 Å². The van der Waals surface area contributed by atoms with Gasteiger partial charge in [-0.1, -0.05) is 29.8 Å². The molecule has 0 aliphatic carbocycles. The van der Waals surface area contributed by atoms with Gasteiger partial charge in [0.15, 0.2) is 0 Å². The van der Waals surface area contributed by atoms with Crippen molar-refractivity contribution in [1.82, 2.24) is 4.98 Å². The Hall–Kier alpha value is -1.78. The van der Waals surface area contributed by atoms with E-state index >= 15 is 0 Å². The smallest absolute Gasteiger partial charge is 0.303 e. The number of halogens is 1. The average Bonchev–Trinajstić information content (AvgIpc) is 2.99. The molecule has 2 N–H and O–H groups in total. The second kappa shape index (κ2) is 5.31. The molecule has 0 unspecified atom stereocenters. The van der Waals surface area contributed by atoms with Crippen molar-refractivity contribution in [3.63, 3.8) is 0 Å². The molecular formula is C15H12ClNO2S. The second-order valence-electron chi connectivity index (χ2n) is 4.52. The monoisotopic (exact) mass is 305 g/mol. The molecule has 5 heteroatoms. The van der Waals surface area contributed by atoms with Crippen molar-refractivity contribution in [2.45, 2.75) is 12.8 Å². The first-order valence-electron chi connectivity index (χ1n) is 6.22. The van der Waals surface area contributed by atoms with Crippen LogP contribution in [0.2, 0.25) is 4.34 Å². The molecule has 0 fully saturated rings. The number of rotatable bonds is 4. The normalized spacial score (nSPS) is 11.1. The van der Waals surface area contributed by atoms with Crippen LogP contribution in [-0.2, 0) is 11.2 Å². The van der Waals surface area contributed by atoms with Gasteiger partial charge < -0.3 is 10.1 Å². The lowest BCUT2D eigenvalue weighted by molar-refractivity contribution is -0.136. The van der Waals surface area contributed by atoms with Crippen LogP contribution in [0.1, 0.15) is 12.0 Å². The van der Waals surface area contributed by atoms with E-state index in [4.69, 9.17) is 16.7 Å². The number of carboxylic acid groups (broad SMARTS) is 1. The van der Waals surface area contributed by atoms with Crippen molar-refractivity contribution in [1.29, 1.82) is 0 Å². The van der Waals surface area contributed by atoms with Gasteiger partial charge in [-0.25, -0.2) is 0 Å². The number of aromatic amines is 1. The molecule has 0 aliphatic heterocycles. The highest BCUT2D eigenvalue weighted by atomic mass is 35.5. The van der Waals surface area contributed by atoms with Gasteiger partial charge >= 0.3 is 5.97 Å². The third-order valence-corrected chi connectivity index (χ3v) is 4.47. The first-order valence-corrected chi connectivity index (χ1v) is 7.41. The third-order valence-electron chi connectivity index (χ3n) is 3.22. The zero-order valence-corrected chi connectivity index (χ0v) is 12.1. The third kappa shape index (κ3) is 2.44. The Bertz CT molecular complexity index is 775. The average molecular weight is 306 g/mol. The molecule has 0 bridgehead atoms. The van der Waals surface area contributed by atoms with Crippen molar-refractivity contribution in [2.75, 3.05) is 0 Å². The van der Waals surface area contributed by atoms with Crippen molar-refractivity contribution < 1.29 is 9.90 Å². The molecule has 0 saturated heterocycles. The largest absolute Gasteiger partial charge is 0.481 e. The zero-order valence-electron chi connectivity index (χ0n) is 10.5. The summed E-state index contributed by atoms with van der Waals surface area (Å²) in [6, 6.07) is 11.8. The van der Waals surface area contributed by atoms with E-state index in [9.17, 15) is 4.79 Å². The Morgan fingerprint density at radius 1 is 1.25 bits per heavy atom. The van der Waals surface area contributed by atoms with E-state index in [1.165, 1.54) is 11.3 Å². The molecule has 102 valence electrons. The fourth-order valence-corrected chi connectivity index (χ4v) is 3.42. The van der Waals surface area contributed by atoms with E-state index in [2.05, 4.69) is 4.98 Å². The summed E-state index contributed by atoms with van der Waals surface area (Å²) in [5.41, 5.74) is 3.04. The van der Waals surface area contributed by atoms with Gasteiger partial charge in [-0.05, 0) is 30.2 Å². The molecular weight excluding hydrogens is 294 g/mol. The number of aliphatic carboxylic acids is 1. The Labute approximate surface area is 124 Å². The van der Waals surface area contributed by atoms with Crippen LogP contribution in [0.25, 0.3) is 21.5 Å². The van der Waals surface area contributed by atoms with Crippen LogP contribution in [0.15, 0.2) is 36.4 Å². The Morgan fingerprint density at radius 2 is 2.05 bits per heavy atom. The highest BCUT2D eigenvalue weighted by molar-refractivity contribution is 7.19. The number of para-hydroxylation sites is 1. The van der Waals surface area contributed by atoms with Crippen molar-refractivity contribution in [3.8, 4) is 10.6 Å². The summed E-state index contributed by atoms with van der Waals surface area (Å²) in [5, 5.41) is 10.00. The van der Waals surface area contributed by atoms with Gasteiger partial charge in [0.05, 0.1) is 14.9 Å². The van der Waals surface area contributed by atoms with Crippen molar-refractivity contribution >= 4 is 39.8 Å². The van der Waals surface area contributed by atoms with Crippen LogP contribution in [0.3, 0.4) is 0 Å². The van der Waals surface area contributed by atoms with Crippen molar-refractivity contribution in [2.24, 2.45) is 0 Å². The summed E-state index contributed by atoms with van der Waals surface area (Å²) in [7, 11) is 0. The number of aromatic nitrogens is 1. The Balaban J connectivity index is 2.14. The number of carbonyl (C=O) groups is 1. The van der Waals surface area contributed by atoms with Gasteiger partial charge in [0.1, 0.15) is 0 Å². The first-order chi connectivity index (χ1) is 9.65. The lowest BCUT2D eigenvalue weighted by Gasteiger charge is -2.01.